The van der Waals surface area contributed by atoms with Gasteiger partial charge < -0.3 is 10.8 Å². The van der Waals surface area contributed by atoms with Gasteiger partial charge in [-0.25, -0.2) is 9.37 Å². The average Bonchev–Trinajstić information content (AvgIpc) is 2.95. The van der Waals surface area contributed by atoms with E-state index in [4.69, 9.17) is 5.73 Å². The zero-order chi connectivity index (χ0) is 16.2. The van der Waals surface area contributed by atoms with Gasteiger partial charge in [0.05, 0.1) is 6.21 Å². The number of nitrogen functional groups attached to an aromatic ring is 1. The lowest BCUT2D eigenvalue weighted by molar-refractivity contribution is 0.474. The number of hydrogen-bond donors (Lipinski definition) is 3. The highest BCUT2D eigenvalue weighted by Crippen LogP contribution is 2.25. The summed E-state index contributed by atoms with van der Waals surface area (Å²) >= 11 is 1.33. The minimum atomic E-state index is -0.291. The van der Waals surface area contributed by atoms with E-state index in [1.54, 1.807) is 35.7 Å². The molecule has 0 bridgehead atoms. The van der Waals surface area contributed by atoms with E-state index in [0.29, 0.717) is 16.5 Å². The number of phenolic OH excluding ortho intramolecular Hbond substituents is 1. The molecule has 0 aliphatic heterocycles. The number of phenols is 1. The Bertz CT molecular complexity index is 846. The lowest BCUT2D eigenvalue weighted by atomic mass is 10.0. The van der Waals surface area contributed by atoms with Crippen molar-refractivity contribution in [2.24, 2.45) is 5.10 Å². The Labute approximate surface area is 135 Å². The first kappa shape index (κ1) is 15.0. The molecule has 23 heavy (non-hydrogen) atoms. The topological polar surface area (TPSA) is 83.5 Å². The molecule has 0 saturated carbocycles. The minimum Gasteiger partial charge on any atom is -0.507 e. The Hall–Kier alpha value is -2.93. The van der Waals surface area contributed by atoms with Gasteiger partial charge >= 0.3 is 0 Å². The van der Waals surface area contributed by atoms with E-state index >= 15 is 0 Å². The summed E-state index contributed by atoms with van der Waals surface area (Å²) in [4.78, 5) is 4.01. The molecule has 0 unspecified atom stereocenters. The molecule has 7 heteroatoms. The average molecular weight is 328 g/mol. The van der Waals surface area contributed by atoms with Gasteiger partial charge in [0.15, 0.2) is 0 Å². The number of anilines is 2. The van der Waals surface area contributed by atoms with Gasteiger partial charge in [-0.2, -0.15) is 5.10 Å². The van der Waals surface area contributed by atoms with Gasteiger partial charge in [-0.15, -0.1) is 11.3 Å². The summed E-state index contributed by atoms with van der Waals surface area (Å²) in [5.41, 5.74) is 10.5. The van der Waals surface area contributed by atoms with Crippen molar-refractivity contribution < 1.29 is 9.50 Å². The van der Waals surface area contributed by atoms with Crippen LogP contribution in [0.2, 0.25) is 0 Å². The number of hydrogen-bond acceptors (Lipinski definition) is 6. The second-order valence-electron chi connectivity index (χ2n) is 4.73. The largest absolute Gasteiger partial charge is 0.507 e. The van der Waals surface area contributed by atoms with Gasteiger partial charge in [0, 0.05) is 10.9 Å². The zero-order valence-corrected chi connectivity index (χ0v) is 12.7. The number of rotatable bonds is 4. The van der Waals surface area contributed by atoms with Crippen LogP contribution in [0.25, 0.3) is 11.1 Å². The minimum absolute atomic E-state index is 0.0973. The monoisotopic (exact) mass is 328 g/mol. The molecule has 2 aromatic carbocycles. The molecule has 0 atom stereocenters. The Kier molecular flexibility index (Phi) is 4.20. The van der Waals surface area contributed by atoms with Crippen LogP contribution < -0.4 is 11.2 Å². The van der Waals surface area contributed by atoms with Crippen LogP contribution >= 0.6 is 11.3 Å². The molecular formula is C16H13FN4OS. The first-order chi connectivity index (χ1) is 11.1. The Morgan fingerprint density at radius 2 is 1.91 bits per heavy atom. The number of thiazole rings is 1. The molecule has 0 amide bonds. The van der Waals surface area contributed by atoms with Crippen molar-refractivity contribution in [3.05, 3.63) is 59.2 Å². The summed E-state index contributed by atoms with van der Waals surface area (Å²) < 4.78 is 13.0. The molecule has 0 radical (unpaired) electrons. The molecule has 3 aromatic rings. The van der Waals surface area contributed by atoms with Gasteiger partial charge in [0.25, 0.3) is 0 Å². The number of hydrazone groups is 1. The van der Waals surface area contributed by atoms with Crippen molar-refractivity contribution in [3.63, 3.8) is 0 Å². The van der Waals surface area contributed by atoms with Gasteiger partial charge in [-0.05, 0) is 35.4 Å². The van der Waals surface area contributed by atoms with Crippen LogP contribution in [0.5, 0.6) is 5.75 Å². The third-order valence-corrected chi connectivity index (χ3v) is 3.86. The van der Waals surface area contributed by atoms with Crippen molar-refractivity contribution in [3.8, 4) is 16.9 Å². The summed E-state index contributed by atoms with van der Waals surface area (Å²) in [6, 6.07) is 11.2. The van der Waals surface area contributed by atoms with Crippen LogP contribution in [0.3, 0.4) is 0 Å². The van der Waals surface area contributed by atoms with Gasteiger partial charge in [-0.3, -0.25) is 5.43 Å². The van der Waals surface area contributed by atoms with Crippen molar-refractivity contribution in [1.29, 1.82) is 0 Å². The maximum absolute atomic E-state index is 13.0. The number of nitrogens with two attached hydrogens (primary N) is 1. The second-order valence-corrected chi connectivity index (χ2v) is 5.59. The standard InChI is InChI=1S/C16H13FN4OS/c17-13-4-1-10(2-5-13)11-3-6-14(22)12(7-11)8-19-21-16-20-15(18)9-23-16/h1-9,22H,18H2,(H,20,21). The summed E-state index contributed by atoms with van der Waals surface area (Å²) in [6.07, 6.45) is 1.49. The molecule has 3 rings (SSSR count). The summed E-state index contributed by atoms with van der Waals surface area (Å²) in [5, 5.41) is 16.2. The Morgan fingerprint density at radius 1 is 1.17 bits per heavy atom. The number of nitrogens with zero attached hydrogens (tertiary/aromatic N) is 2. The molecule has 1 aromatic heterocycles. The van der Waals surface area contributed by atoms with Crippen LogP contribution in [-0.2, 0) is 0 Å². The molecule has 4 N–H and O–H groups in total. The number of halogens is 1. The highest BCUT2D eigenvalue weighted by molar-refractivity contribution is 7.14. The summed E-state index contributed by atoms with van der Waals surface area (Å²) in [6.45, 7) is 0. The van der Waals surface area contributed by atoms with E-state index in [-0.39, 0.29) is 11.6 Å². The van der Waals surface area contributed by atoms with Crippen molar-refractivity contribution in [2.75, 3.05) is 11.2 Å². The smallest absolute Gasteiger partial charge is 0.205 e. The molecule has 5 nitrogen and oxygen atoms in total. The summed E-state index contributed by atoms with van der Waals surface area (Å²) in [7, 11) is 0. The van der Waals surface area contributed by atoms with Crippen molar-refractivity contribution in [1.82, 2.24) is 4.98 Å². The number of aromatic nitrogens is 1. The van der Waals surface area contributed by atoms with Crippen LogP contribution in [0, 0.1) is 5.82 Å². The van der Waals surface area contributed by atoms with E-state index in [1.165, 1.54) is 29.7 Å². The Morgan fingerprint density at radius 3 is 2.61 bits per heavy atom. The van der Waals surface area contributed by atoms with Crippen molar-refractivity contribution >= 4 is 28.5 Å². The molecular weight excluding hydrogens is 315 g/mol. The fraction of sp³-hybridized carbons (Fsp3) is 0. The third-order valence-electron chi connectivity index (χ3n) is 3.09. The number of nitrogens with one attached hydrogen (secondary N) is 1. The quantitative estimate of drug-likeness (QED) is 0.504. The number of aromatic hydroxyl groups is 1. The molecule has 0 aliphatic rings. The van der Waals surface area contributed by atoms with E-state index < -0.39 is 0 Å². The molecule has 0 spiro atoms. The lowest BCUT2D eigenvalue weighted by Crippen LogP contribution is -1.92. The second kappa shape index (κ2) is 6.45. The fourth-order valence-corrected chi connectivity index (χ4v) is 2.52. The zero-order valence-electron chi connectivity index (χ0n) is 11.9. The van der Waals surface area contributed by atoms with E-state index in [0.717, 1.165) is 11.1 Å². The highest BCUT2D eigenvalue weighted by Gasteiger charge is 2.04. The third kappa shape index (κ3) is 3.64. The first-order valence-electron chi connectivity index (χ1n) is 6.71. The predicted molar refractivity (Wildman–Crippen MR) is 91.2 cm³/mol. The highest BCUT2D eigenvalue weighted by atomic mass is 32.1. The normalized spacial score (nSPS) is 11.0. The summed E-state index contributed by atoms with van der Waals surface area (Å²) in [5.74, 6) is 0.232. The molecule has 0 aliphatic carbocycles. The molecule has 1 heterocycles. The van der Waals surface area contributed by atoms with Gasteiger partial charge in [-0.1, -0.05) is 18.2 Å². The SMILES string of the molecule is Nc1csc(NN=Cc2cc(-c3ccc(F)cc3)ccc2O)n1. The van der Waals surface area contributed by atoms with Crippen molar-refractivity contribution in [2.45, 2.75) is 0 Å². The lowest BCUT2D eigenvalue weighted by Gasteiger charge is -2.05. The first-order valence-corrected chi connectivity index (χ1v) is 7.59. The van der Waals surface area contributed by atoms with Crippen LogP contribution in [0.15, 0.2) is 52.9 Å². The number of benzene rings is 2. The maximum Gasteiger partial charge on any atom is 0.205 e. The van der Waals surface area contributed by atoms with E-state index in [2.05, 4.69) is 15.5 Å². The van der Waals surface area contributed by atoms with Gasteiger partial charge in [0.1, 0.15) is 17.4 Å². The van der Waals surface area contributed by atoms with Crippen LogP contribution in [-0.4, -0.2) is 16.3 Å². The maximum atomic E-state index is 13.0. The molecule has 0 saturated heterocycles. The van der Waals surface area contributed by atoms with Crippen LogP contribution in [0.4, 0.5) is 15.3 Å². The predicted octanol–water partition coefficient (Wildman–Crippen LogP) is 3.68. The fourth-order valence-electron chi connectivity index (χ4n) is 1.97. The molecule has 0 fully saturated rings. The van der Waals surface area contributed by atoms with Crippen LogP contribution in [0.1, 0.15) is 5.56 Å². The molecule has 116 valence electrons. The van der Waals surface area contributed by atoms with Gasteiger partial charge in [0.2, 0.25) is 5.13 Å². The van der Waals surface area contributed by atoms with E-state index in [1.807, 2.05) is 0 Å². The Balaban J connectivity index is 1.81. The van der Waals surface area contributed by atoms with E-state index in [9.17, 15) is 9.50 Å².